The van der Waals surface area contributed by atoms with Gasteiger partial charge in [-0.25, -0.2) is 0 Å². The Balaban J connectivity index is 1.55. The van der Waals surface area contributed by atoms with E-state index in [1.165, 1.54) is 11.8 Å². The van der Waals surface area contributed by atoms with Gasteiger partial charge in [0.25, 0.3) is 0 Å². The van der Waals surface area contributed by atoms with E-state index in [-0.39, 0.29) is 34.7 Å². The van der Waals surface area contributed by atoms with Gasteiger partial charge in [0.1, 0.15) is 16.9 Å². The molecule has 0 spiro atoms. The molecule has 3 aliphatic rings. The van der Waals surface area contributed by atoms with Crippen LogP contribution < -0.4 is 0 Å². The lowest BCUT2D eigenvalue weighted by atomic mass is 9.80. The first-order valence-electron chi connectivity index (χ1n) is 10.2. The SMILES string of the molecule is Cc1ccccc1/C(C#N)=C1\C=CS\C1=N/OS(=O)(=O)CC1CC2CC(=O)C1C2(C)C. The van der Waals surface area contributed by atoms with E-state index in [0.29, 0.717) is 22.6 Å². The van der Waals surface area contributed by atoms with Gasteiger partial charge in [-0.2, -0.15) is 13.7 Å². The van der Waals surface area contributed by atoms with Gasteiger partial charge in [-0.05, 0) is 53.2 Å². The number of Topliss-reactive ketones (excluding diaryl/α,β-unsaturated/α-hetero) is 1. The van der Waals surface area contributed by atoms with Crippen LogP contribution in [0.5, 0.6) is 0 Å². The van der Waals surface area contributed by atoms with Crippen molar-refractivity contribution in [3.05, 3.63) is 52.4 Å². The second kappa shape index (κ2) is 7.95. The van der Waals surface area contributed by atoms with Crippen molar-refractivity contribution in [3.63, 3.8) is 0 Å². The Kier molecular flexibility index (Phi) is 5.61. The Bertz CT molecular complexity index is 1170. The second-order valence-corrected chi connectivity index (χ2v) is 11.5. The molecule has 162 valence electrons. The minimum Gasteiger partial charge on any atom is -0.299 e. The lowest BCUT2D eigenvalue weighted by Gasteiger charge is -2.24. The standard InChI is InChI=1S/C23H24N2O4S2/c1-14-6-4-5-7-17(14)19(12-24)18-8-9-30-22(18)25-29-31(27,28)13-15-10-16-11-20(26)21(15)23(16,2)3/h4-9,15-16,21H,10-11,13H2,1-3H3/b19-18+,25-22-. The average Bonchev–Trinajstić information content (AvgIpc) is 3.31. The molecule has 1 aliphatic heterocycles. The number of oxime groups is 1. The summed E-state index contributed by atoms with van der Waals surface area (Å²) < 4.78 is 30.3. The topological polar surface area (TPSA) is 96.6 Å². The Hall–Kier alpha value is -2.37. The van der Waals surface area contributed by atoms with Crippen LogP contribution in [0.1, 0.15) is 37.8 Å². The van der Waals surface area contributed by atoms with Crippen molar-refractivity contribution in [2.24, 2.45) is 28.3 Å². The molecule has 8 heteroatoms. The van der Waals surface area contributed by atoms with Gasteiger partial charge in [0.05, 0.1) is 11.3 Å². The van der Waals surface area contributed by atoms with Crippen LogP contribution in [0, 0.1) is 41.4 Å². The molecule has 0 N–H and O–H groups in total. The van der Waals surface area contributed by atoms with Gasteiger partial charge in [0.2, 0.25) is 0 Å². The van der Waals surface area contributed by atoms with Gasteiger partial charge in [-0.15, -0.1) is 0 Å². The molecule has 31 heavy (non-hydrogen) atoms. The summed E-state index contributed by atoms with van der Waals surface area (Å²) in [5.41, 5.74) is 2.49. The van der Waals surface area contributed by atoms with Gasteiger partial charge in [-0.1, -0.05) is 55.0 Å². The summed E-state index contributed by atoms with van der Waals surface area (Å²) in [6, 6.07) is 9.71. The zero-order valence-corrected chi connectivity index (χ0v) is 19.3. The number of carbonyl (C=O) groups is 1. The third kappa shape index (κ3) is 3.97. The predicted octanol–water partition coefficient (Wildman–Crippen LogP) is 4.44. The van der Waals surface area contributed by atoms with Crippen molar-refractivity contribution in [2.75, 3.05) is 5.75 Å². The highest BCUT2D eigenvalue weighted by molar-refractivity contribution is 8.17. The summed E-state index contributed by atoms with van der Waals surface area (Å²) in [5, 5.41) is 15.7. The third-order valence-electron chi connectivity index (χ3n) is 6.80. The fourth-order valence-corrected chi connectivity index (χ4v) is 7.15. The molecule has 1 heterocycles. The molecule has 2 bridgehead atoms. The lowest BCUT2D eigenvalue weighted by Crippen LogP contribution is -2.30. The van der Waals surface area contributed by atoms with Crippen LogP contribution in [0.4, 0.5) is 0 Å². The average molecular weight is 457 g/mol. The van der Waals surface area contributed by atoms with Crippen molar-refractivity contribution in [1.82, 2.24) is 0 Å². The van der Waals surface area contributed by atoms with Crippen LogP contribution >= 0.6 is 11.8 Å². The molecule has 2 aliphatic carbocycles. The molecule has 6 nitrogen and oxygen atoms in total. The number of nitriles is 1. The van der Waals surface area contributed by atoms with Gasteiger partial charge in [-0.3, -0.25) is 9.08 Å². The van der Waals surface area contributed by atoms with Crippen molar-refractivity contribution in [1.29, 1.82) is 5.26 Å². The van der Waals surface area contributed by atoms with E-state index in [1.54, 1.807) is 11.5 Å². The van der Waals surface area contributed by atoms with Gasteiger partial charge >= 0.3 is 10.1 Å². The summed E-state index contributed by atoms with van der Waals surface area (Å²) >= 11 is 1.21. The van der Waals surface area contributed by atoms with Gasteiger partial charge in [0.15, 0.2) is 0 Å². The third-order valence-corrected chi connectivity index (χ3v) is 8.73. The highest BCUT2D eigenvalue weighted by atomic mass is 32.2. The van der Waals surface area contributed by atoms with E-state index in [0.717, 1.165) is 17.5 Å². The number of hydrogen-bond acceptors (Lipinski definition) is 7. The molecular formula is C23H24N2O4S2. The number of benzene rings is 1. The molecule has 2 saturated carbocycles. The van der Waals surface area contributed by atoms with E-state index < -0.39 is 10.1 Å². The number of ketones is 1. The first-order chi connectivity index (χ1) is 14.6. The zero-order valence-electron chi connectivity index (χ0n) is 17.7. The summed E-state index contributed by atoms with van der Waals surface area (Å²) in [6.45, 7) is 6.01. The number of thioether (sulfide) groups is 1. The molecular weight excluding hydrogens is 432 g/mol. The fraction of sp³-hybridized carbons (Fsp3) is 0.435. The first-order valence-corrected chi connectivity index (χ1v) is 12.7. The van der Waals surface area contributed by atoms with Crippen molar-refractivity contribution >= 4 is 38.3 Å². The van der Waals surface area contributed by atoms with E-state index in [1.807, 2.05) is 45.0 Å². The first kappa shape index (κ1) is 21.8. The highest BCUT2D eigenvalue weighted by Gasteiger charge is 2.58. The molecule has 4 rings (SSSR count). The maximum atomic E-state index is 12.7. The maximum absolute atomic E-state index is 12.7. The molecule has 3 unspecified atom stereocenters. The van der Waals surface area contributed by atoms with E-state index in [9.17, 15) is 18.5 Å². The zero-order chi connectivity index (χ0) is 22.4. The molecule has 0 aromatic heterocycles. The van der Waals surface area contributed by atoms with Crippen LogP contribution in [-0.2, 0) is 19.2 Å². The molecule has 0 saturated heterocycles. The lowest BCUT2D eigenvalue weighted by molar-refractivity contribution is -0.123. The summed E-state index contributed by atoms with van der Waals surface area (Å²) in [5.74, 6) is -0.316. The van der Waals surface area contributed by atoms with Gasteiger partial charge in [0, 0.05) is 17.9 Å². The Labute approximate surface area is 187 Å². The smallest absolute Gasteiger partial charge is 0.299 e. The number of allylic oxidation sites excluding steroid dienone is 2. The summed E-state index contributed by atoms with van der Waals surface area (Å²) in [7, 11) is -3.96. The molecule has 3 atom stereocenters. The van der Waals surface area contributed by atoms with Crippen LogP contribution in [-0.4, -0.2) is 25.0 Å². The molecule has 1 aromatic rings. The van der Waals surface area contributed by atoms with Crippen molar-refractivity contribution in [2.45, 2.75) is 33.6 Å². The molecule has 1 aromatic carbocycles. The number of rotatable bonds is 5. The number of carbonyl (C=O) groups excluding carboxylic acids is 1. The van der Waals surface area contributed by atoms with E-state index in [2.05, 4.69) is 11.2 Å². The quantitative estimate of drug-likeness (QED) is 0.480. The number of nitrogens with zero attached hydrogens (tertiary/aromatic N) is 2. The van der Waals surface area contributed by atoms with Crippen LogP contribution in [0.2, 0.25) is 0 Å². The Morgan fingerprint density at radius 2 is 2.10 bits per heavy atom. The number of fused-ring (bicyclic) bond motifs is 2. The maximum Gasteiger partial charge on any atom is 0.328 e. The number of hydrogen-bond donors (Lipinski definition) is 0. The largest absolute Gasteiger partial charge is 0.328 e. The summed E-state index contributed by atoms with van der Waals surface area (Å²) in [6.07, 6.45) is 3.00. The van der Waals surface area contributed by atoms with Crippen LogP contribution in [0.3, 0.4) is 0 Å². The minimum atomic E-state index is -3.96. The van der Waals surface area contributed by atoms with E-state index >= 15 is 0 Å². The van der Waals surface area contributed by atoms with Crippen molar-refractivity contribution in [3.8, 4) is 6.07 Å². The van der Waals surface area contributed by atoms with E-state index in [4.69, 9.17) is 4.28 Å². The Morgan fingerprint density at radius 3 is 2.74 bits per heavy atom. The minimum absolute atomic E-state index is 0.158. The summed E-state index contributed by atoms with van der Waals surface area (Å²) in [4.78, 5) is 12.3. The monoisotopic (exact) mass is 456 g/mol. The Morgan fingerprint density at radius 1 is 1.35 bits per heavy atom. The van der Waals surface area contributed by atoms with Crippen molar-refractivity contribution < 1.29 is 17.5 Å². The fourth-order valence-electron chi connectivity index (χ4n) is 5.29. The molecule has 2 fully saturated rings. The molecule has 0 radical (unpaired) electrons. The van der Waals surface area contributed by atoms with Crippen LogP contribution in [0.25, 0.3) is 5.57 Å². The number of aryl methyl sites for hydroxylation is 1. The molecule has 0 amide bonds. The van der Waals surface area contributed by atoms with Crippen LogP contribution in [0.15, 0.2) is 46.5 Å². The normalized spacial score (nSPS) is 29.4. The highest BCUT2D eigenvalue weighted by Crippen LogP contribution is 2.58. The van der Waals surface area contributed by atoms with Gasteiger partial charge < -0.3 is 0 Å². The predicted molar refractivity (Wildman–Crippen MR) is 121 cm³/mol. The second-order valence-electron chi connectivity index (χ2n) is 8.99.